The highest BCUT2D eigenvalue weighted by Gasteiger charge is 2.58. The normalized spacial score (nSPS) is 27.3. The number of hydrogen-bond donors (Lipinski definition) is 1. The molecule has 1 aliphatic carbocycles. The van der Waals surface area contributed by atoms with Crippen LogP contribution in [0.3, 0.4) is 0 Å². The third-order valence-corrected chi connectivity index (χ3v) is 6.47. The third kappa shape index (κ3) is 3.11. The van der Waals surface area contributed by atoms with Crippen molar-refractivity contribution < 1.29 is 17.9 Å². The Morgan fingerprint density at radius 1 is 1.17 bits per heavy atom. The quantitative estimate of drug-likeness (QED) is 0.843. The van der Waals surface area contributed by atoms with Crippen molar-refractivity contribution >= 4 is 5.82 Å². The molecular formula is C20H24F3N5O. The van der Waals surface area contributed by atoms with E-state index in [1.54, 1.807) is 0 Å². The van der Waals surface area contributed by atoms with Crippen LogP contribution in [0.1, 0.15) is 37.1 Å². The van der Waals surface area contributed by atoms with Crippen LogP contribution in [-0.2, 0) is 10.9 Å². The first kappa shape index (κ1) is 18.9. The molecule has 1 unspecified atom stereocenters. The van der Waals surface area contributed by atoms with E-state index < -0.39 is 17.6 Å². The molecule has 0 amide bonds. The first-order chi connectivity index (χ1) is 13.7. The number of pyridine rings is 1. The van der Waals surface area contributed by atoms with Crippen LogP contribution in [0.25, 0.3) is 11.3 Å². The van der Waals surface area contributed by atoms with E-state index in [0.29, 0.717) is 35.1 Å². The topological polar surface area (TPSA) is 69.2 Å². The van der Waals surface area contributed by atoms with Crippen molar-refractivity contribution in [3.05, 3.63) is 29.6 Å². The minimum atomic E-state index is -4.54. The van der Waals surface area contributed by atoms with Gasteiger partial charge < -0.3 is 10.5 Å². The van der Waals surface area contributed by atoms with Gasteiger partial charge in [0.25, 0.3) is 0 Å². The highest BCUT2D eigenvalue weighted by atomic mass is 19.4. The molecule has 3 aliphatic rings. The zero-order valence-electron chi connectivity index (χ0n) is 16.4. The number of fused-ring (bicyclic) bond motifs is 1. The predicted octanol–water partition coefficient (Wildman–Crippen LogP) is 3.17. The standard InChI is InChI=1S/C20H24F3N5O/c1-10(2)28-17(18-13-6-27(7-14(13)18)12-8-29-9-12)4-16(26-28)11-3-15(20(21,22)23)19(24)25-5-11/h3-5,10,12-14,18H,6-9H2,1-2H3,(H2,24,25)/t13-,14+,18?. The average Bonchev–Trinajstić information content (AvgIpc) is 2.96. The largest absolute Gasteiger partial charge is 0.419 e. The fraction of sp³-hybridized carbons (Fsp3) is 0.600. The van der Waals surface area contributed by atoms with Crippen LogP contribution >= 0.6 is 0 Å². The van der Waals surface area contributed by atoms with Crippen molar-refractivity contribution in [1.82, 2.24) is 19.7 Å². The summed E-state index contributed by atoms with van der Waals surface area (Å²) in [6, 6.07) is 3.66. The van der Waals surface area contributed by atoms with Crippen LogP contribution in [0.15, 0.2) is 18.3 Å². The number of alkyl halides is 3. The van der Waals surface area contributed by atoms with Gasteiger partial charge in [-0.1, -0.05) is 0 Å². The Bertz CT molecular complexity index is 925. The molecule has 3 fully saturated rings. The second kappa shape index (κ2) is 6.43. The Balaban J connectivity index is 1.43. The summed E-state index contributed by atoms with van der Waals surface area (Å²) in [5, 5.41) is 4.64. The van der Waals surface area contributed by atoms with E-state index in [0.717, 1.165) is 38.1 Å². The molecule has 9 heteroatoms. The van der Waals surface area contributed by atoms with Crippen molar-refractivity contribution in [2.45, 2.75) is 38.0 Å². The van der Waals surface area contributed by atoms with E-state index in [4.69, 9.17) is 10.5 Å². The van der Waals surface area contributed by atoms with Gasteiger partial charge in [-0.25, -0.2) is 4.98 Å². The van der Waals surface area contributed by atoms with E-state index in [9.17, 15) is 13.2 Å². The summed E-state index contributed by atoms with van der Waals surface area (Å²) in [5.41, 5.74) is 6.49. The molecule has 6 nitrogen and oxygen atoms in total. The molecule has 0 spiro atoms. The first-order valence-corrected chi connectivity index (χ1v) is 9.98. The Labute approximate surface area is 166 Å². The van der Waals surface area contributed by atoms with Crippen LogP contribution in [0.2, 0.25) is 0 Å². The molecule has 5 rings (SSSR count). The molecule has 0 radical (unpaired) electrons. The van der Waals surface area contributed by atoms with Gasteiger partial charge >= 0.3 is 6.18 Å². The Morgan fingerprint density at radius 2 is 1.86 bits per heavy atom. The number of nitrogen functional groups attached to an aromatic ring is 1. The fourth-order valence-corrected chi connectivity index (χ4v) is 4.78. The number of likely N-dealkylation sites (tertiary alicyclic amines) is 1. The van der Waals surface area contributed by atoms with E-state index >= 15 is 0 Å². The van der Waals surface area contributed by atoms with Gasteiger partial charge in [0.1, 0.15) is 5.82 Å². The lowest BCUT2D eigenvalue weighted by atomic mass is 10.1. The summed E-state index contributed by atoms with van der Waals surface area (Å²) in [6.07, 6.45) is -3.17. The summed E-state index contributed by atoms with van der Waals surface area (Å²) in [4.78, 5) is 6.26. The van der Waals surface area contributed by atoms with Crippen LogP contribution < -0.4 is 5.73 Å². The minimum absolute atomic E-state index is 0.125. The summed E-state index contributed by atoms with van der Waals surface area (Å²) in [7, 11) is 0. The Morgan fingerprint density at radius 3 is 2.41 bits per heavy atom. The van der Waals surface area contributed by atoms with Crippen molar-refractivity contribution in [1.29, 1.82) is 0 Å². The van der Waals surface area contributed by atoms with Crippen LogP contribution in [0.4, 0.5) is 19.0 Å². The number of nitrogens with zero attached hydrogens (tertiary/aromatic N) is 4. The van der Waals surface area contributed by atoms with Crippen molar-refractivity contribution in [2.75, 3.05) is 32.0 Å². The molecule has 0 bridgehead atoms. The molecule has 3 atom stereocenters. The molecule has 2 saturated heterocycles. The lowest BCUT2D eigenvalue weighted by Gasteiger charge is -2.35. The number of hydrogen-bond acceptors (Lipinski definition) is 5. The summed E-state index contributed by atoms with van der Waals surface area (Å²) in [5.74, 6) is 1.09. The lowest BCUT2D eigenvalue weighted by Crippen LogP contribution is -2.48. The van der Waals surface area contributed by atoms with Gasteiger partial charge in [0.15, 0.2) is 0 Å². The van der Waals surface area contributed by atoms with Gasteiger partial charge in [-0.3, -0.25) is 9.58 Å². The van der Waals surface area contributed by atoms with Gasteiger partial charge in [0.2, 0.25) is 0 Å². The van der Waals surface area contributed by atoms with Gasteiger partial charge in [0, 0.05) is 42.5 Å². The van der Waals surface area contributed by atoms with E-state index in [1.807, 2.05) is 24.6 Å². The Hall–Kier alpha value is -2.13. The maximum absolute atomic E-state index is 13.2. The smallest absolute Gasteiger partial charge is 0.383 e. The van der Waals surface area contributed by atoms with Crippen molar-refractivity contribution in [2.24, 2.45) is 11.8 Å². The zero-order chi connectivity index (χ0) is 20.5. The maximum Gasteiger partial charge on any atom is 0.419 e. The van der Waals surface area contributed by atoms with Gasteiger partial charge in [-0.15, -0.1) is 0 Å². The van der Waals surface area contributed by atoms with Crippen molar-refractivity contribution in [3.8, 4) is 11.3 Å². The molecular weight excluding hydrogens is 383 g/mol. The molecule has 0 aromatic carbocycles. The van der Waals surface area contributed by atoms with Gasteiger partial charge in [-0.05, 0) is 37.8 Å². The second-order valence-electron chi connectivity index (χ2n) is 8.65. The lowest BCUT2D eigenvalue weighted by molar-refractivity contribution is -0.137. The monoisotopic (exact) mass is 407 g/mol. The highest BCUT2D eigenvalue weighted by molar-refractivity contribution is 5.63. The minimum Gasteiger partial charge on any atom is -0.383 e. The number of piperidine rings is 1. The molecule has 29 heavy (non-hydrogen) atoms. The maximum atomic E-state index is 13.2. The number of halogens is 3. The third-order valence-electron chi connectivity index (χ3n) is 6.47. The van der Waals surface area contributed by atoms with Gasteiger partial charge in [0.05, 0.1) is 30.5 Å². The summed E-state index contributed by atoms with van der Waals surface area (Å²) in [6.45, 7) is 7.85. The molecule has 2 aromatic heterocycles. The average molecular weight is 407 g/mol. The molecule has 4 heterocycles. The number of ether oxygens (including phenoxy) is 1. The molecule has 1 saturated carbocycles. The van der Waals surface area contributed by atoms with E-state index in [2.05, 4.69) is 15.0 Å². The molecule has 2 N–H and O–H groups in total. The number of anilines is 1. The zero-order valence-corrected chi connectivity index (χ0v) is 16.4. The number of aromatic nitrogens is 3. The van der Waals surface area contributed by atoms with Crippen LogP contribution in [0.5, 0.6) is 0 Å². The highest BCUT2D eigenvalue weighted by Crippen LogP contribution is 2.59. The number of rotatable bonds is 4. The summed E-state index contributed by atoms with van der Waals surface area (Å²) < 4.78 is 46.9. The van der Waals surface area contributed by atoms with E-state index in [-0.39, 0.29) is 6.04 Å². The van der Waals surface area contributed by atoms with Crippen LogP contribution in [-0.4, -0.2) is 52.0 Å². The summed E-state index contributed by atoms with van der Waals surface area (Å²) >= 11 is 0. The first-order valence-electron chi connectivity index (χ1n) is 9.98. The molecule has 156 valence electrons. The van der Waals surface area contributed by atoms with Crippen molar-refractivity contribution in [3.63, 3.8) is 0 Å². The van der Waals surface area contributed by atoms with Gasteiger partial charge in [-0.2, -0.15) is 18.3 Å². The SMILES string of the molecule is CC(C)n1nc(-c2cnc(N)c(C(F)(F)F)c2)cc1C1[C@H]2CN(C3COC3)C[C@@H]12. The van der Waals surface area contributed by atoms with E-state index in [1.165, 1.54) is 6.20 Å². The predicted molar refractivity (Wildman–Crippen MR) is 101 cm³/mol. The number of nitrogens with two attached hydrogens (primary N) is 1. The Kier molecular flexibility index (Phi) is 4.19. The van der Waals surface area contributed by atoms with Crippen LogP contribution in [0, 0.1) is 11.8 Å². The molecule has 2 aliphatic heterocycles. The molecule has 2 aromatic rings. The fourth-order valence-electron chi connectivity index (χ4n) is 4.78. The second-order valence-corrected chi connectivity index (χ2v) is 8.65.